The highest BCUT2D eigenvalue weighted by Crippen LogP contribution is 2.30. The summed E-state index contributed by atoms with van der Waals surface area (Å²) in [7, 11) is 0. The number of halogens is 1. The average Bonchev–Trinajstić information content (AvgIpc) is 2.94. The average molecular weight is 262 g/mol. The summed E-state index contributed by atoms with van der Waals surface area (Å²) in [5, 5.41) is 14.9. The van der Waals surface area contributed by atoms with Gasteiger partial charge in [-0.15, -0.1) is 0 Å². The van der Waals surface area contributed by atoms with Gasteiger partial charge in [-0.05, 0) is 25.3 Å². The molecular weight excluding hydrogens is 251 g/mol. The van der Waals surface area contributed by atoms with E-state index < -0.39 is 10.7 Å². The van der Waals surface area contributed by atoms with Gasteiger partial charge >= 0.3 is 0 Å². The number of hydrogen-bond donors (Lipinski definition) is 1. The predicted molar refractivity (Wildman–Crippen MR) is 66.6 cm³/mol. The van der Waals surface area contributed by atoms with Crippen molar-refractivity contribution in [3.05, 3.63) is 45.4 Å². The number of nitro benzene ring substituents is 1. The fraction of sp³-hybridized carbons (Fsp3) is 0.250. The Balaban J connectivity index is 2.19. The Morgan fingerprint density at radius 1 is 1.42 bits per heavy atom. The number of nitrogen functional groups attached to an aromatic ring is 1. The van der Waals surface area contributed by atoms with Crippen LogP contribution in [0, 0.1) is 15.9 Å². The number of hydrogen-bond acceptors (Lipinski definition) is 4. The summed E-state index contributed by atoms with van der Waals surface area (Å²) < 4.78 is 15.3. The molecule has 0 spiro atoms. The summed E-state index contributed by atoms with van der Waals surface area (Å²) in [6.07, 6.45) is 2.51. The van der Waals surface area contributed by atoms with E-state index in [-0.39, 0.29) is 11.4 Å². The van der Waals surface area contributed by atoms with E-state index in [1.165, 1.54) is 10.7 Å². The number of nitro groups is 1. The molecule has 19 heavy (non-hydrogen) atoms. The van der Waals surface area contributed by atoms with Crippen LogP contribution in [0.4, 0.5) is 15.9 Å². The number of rotatable bonds is 2. The number of fused-ring (bicyclic) bond motifs is 1. The maximum atomic E-state index is 13.9. The first-order valence-corrected chi connectivity index (χ1v) is 5.88. The van der Waals surface area contributed by atoms with E-state index in [2.05, 4.69) is 5.10 Å². The van der Waals surface area contributed by atoms with E-state index in [9.17, 15) is 14.5 Å². The van der Waals surface area contributed by atoms with Crippen LogP contribution in [0.3, 0.4) is 0 Å². The third-order valence-corrected chi connectivity index (χ3v) is 3.33. The van der Waals surface area contributed by atoms with Gasteiger partial charge in [0.15, 0.2) is 0 Å². The molecule has 2 N–H and O–H groups in total. The van der Waals surface area contributed by atoms with E-state index >= 15 is 0 Å². The molecule has 1 aromatic carbocycles. The zero-order valence-electron chi connectivity index (χ0n) is 9.97. The van der Waals surface area contributed by atoms with Crippen molar-refractivity contribution < 1.29 is 9.31 Å². The molecule has 0 saturated carbocycles. The van der Waals surface area contributed by atoms with Crippen LogP contribution in [0.15, 0.2) is 18.2 Å². The number of nitrogens with zero attached hydrogens (tertiary/aromatic N) is 3. The lowest BCUT2D eigenvalue weighted by Gasteiger charge is -2.06. The lowest BCUT2D eigenvalue weighted by atomic mass is 10.2. The number of nitrogens with two attached hydrogens (primary N) is 1. The summed E-state index contributed by atoms with van der Waals surface area (Å²) in [6, 6.07) is 3.39. The molecule has 7 heteroatoms. The van der Waals surface area contributed by atoms with Gasteiger partial charge in [0.05, 0.1) is 4.92 Å². The van der Waals surface area contributed by atoms with Crippen molar-refractivity contribution in [2.75, 3.05) is 5.73 Å². The first kappa shape index (κ1) is 11.6. The lowest BCUT2D eigenvalue weighted by Crippen LogP contribution is -2.05. The smallest absolute Gasteiger partial charge is 0.271 e. The number of benzene rings is 1. The van der Waals surface area contributed by atoms with Gasteiger partial charge in [0, 0.05) is 23.4 Å². The van der Waals surface area contributed by atoms with E-state index in [0.29, 0.717) is 5.82 Å². The number of aromatic nitrogens is 2. The van der Waals surface area contributed by atoms with E-state index in [4.69, 9.17) is 5.73 Å². The second-order valence-electron chi connectivity index (χ2n) is 4.47. The third-order valence-electron chi connectivity index (χ3n) is 3.33. The molecule has 0 atom stereocenters. The monoisotopic (exact) mass is 262 g/mol. The molecule has 1 aromatic heterocycles. The second kappa shape index (κ2) is 4.04. The van der Waals surface area contributed by atoms with E-state index in [1.807, 2.05) is 0 Å². The molecule has 0 saturated heterocycles. The van der Waals surface area contributed by atoms with Crippen LogP contribution in [0.25, 0.3) is 5.69 Å². The van der Waals surface area contributed by atoms with Crippen LogP contribution in [0.5, 0.6) is 0 Å². The molecule has 0 radical (unpaired) electrons. The molecule has 98 valence electrons. The second-order valence-corrected chi connectivity index (χ2v) is 4.47. The van der Waals surface area contributed by atoms with Crippen molar-refractivity contribution in [2.45, 2.75) is 19.3 Å². The molecule has 3 rings (SSSR count). The molecule has 0 aliphatic heterocycles. The van der Waals surface area contributed by atoms with Crippen molar-refractivity contribution in [2.24, 2.45) is 0 Å². The quantitative estimate of drug-likeness (QED) is 0.662. The van der Waals surface area contributed by atoms with Gasteiger partial charge in [-0.3, -0.25) is 10.1 Å². The Bertz CT molecular complexity index is 681. The molecule has 1 aliphatic rings. The minimum Gasteiger partial charge on any atom is -0.382 e. The summed E-state index contributed by atoms with van der Waals surface area (Å²) in [6.45, 7) is 0. The Kier molecular flexibility index (Phi) is 2.48. The summed E-state index contributed by atoms with van der Waals surface area (Å²) >= 11 is 0. The first-order valence-electron chi connectivity index (χ1n) is 5.88. The largest absolute Gasteiger partial charge is 0.382 e. The van der Waals surface area contributed by atoms with Crippen LogP contribution in [-0.4, -0.2) is 14.7 Å². The number of non-ortho nitro benzene ring substituents is 1. The third kappa shape index (κ3) is 1.74. The molecule has 0 bridgehead atoms. The van der Waals surface area contributed by atoms with Crippen LogP contribution in [0.2, 0.25) is 0 Å². The first-order chi connectivity index (χ1) is 9.08. The predicted octanol–water partition coefficient (Wildman–Crippen LogP) is 1.99. The van der Waals surface area contributed by atoms with Gasteiger partial charge in [0.25, 0.3) is 5.69 Å². The zero-order valence-corrected chi connectivity index (χ0v) is 9.97. The summed E-state index contributed by atoms with van der Waals surface area (Å²) in [5.41, 5.74) is 7.46. The highest BCUT2D eigenvalue weighted by Gasteiger charge is 2.24. The molecule has 6 nitrogen and oxygen atoms in total. The summed E-state index contributed by atoms with van der Waals surface area (Å²) in [4.78, 5) is 10.2. The van der Waals surface area contributed by atoms with Crippen LogP contribution in [-0.2, 0) is 12.8 Å². The van der Waals surface area contributed by atoms with Crippen LogP contribution >= 0.6 is 0 Å². The molecule has 0 fully saturated rings. The maximum absolute atomic E-state index is 13.9. The van der Waals surface area contributed by atoms with Gasteiger partial charge in [-0.2, -0.15) is 5.10 Å². The van der Waals surface area contributed by atoms with Crippen molar-refractivity contribution in [3.8, 4) is 5.69 Å². The van der Waals surface area contributed by atoms with Gasteiger partial charge in [-0.1, -0.05) is 0 Å². The van der Waals surface area contributed by atoms with Crippen LogP contribution < -0.4 is 5.73 Å². The Morgan fingerprint density at radius 3 is 2.95 bits per heavy atom. The van der Waals surface area contributed by atoms with Crippen molar-refractivity contribution in [3.63, 3.8) is 0 Å². The molecular formula is C12H11FN4O2. The molecule has 1 aliphatic carbocycles. The SMILES string of the molecule is Nc1nn(-c2cc([N+](=O)[O-])ccc2F)c2c1CCC2. The topological polar surface area (TPSA) is 87.0 Å². The van der Waals surface area contributed by atoms with Gasteiger partial charge < -0.3 is 5.73 Å². The van der Waals surface area contributed by atoms with Crippen molar-refractivity contribution >= 4 is 11.5 Å². The Hall–Kier alpha value is -2.44. The zero-order chi connectivity index (χ0) is 13.6. The van der Waals surface area contributed by atoms with E-state index in [1.54, 1.807) is 0 Å². The summed E-state index contributed by atoms with van der Waals surface area (Å²) in [5.74, 6) is -0.179. The van der Waals surface area contributed by atoms with Gasteiger partial charge in [0.2, 0.25) is 0 Å². The Morgan fingerprint density at radius 2 is 2.21 bits per heavy atom. The molecule has 0 unspecified atom stereocenters. The lowest BCUT2D eigenvalue weighted by molar-refractivity contribution is -0.384. The Labute approximate surface area is 107 Å². The van der Waals surface area contributed by atoms with Crippen molar-refractivity contribution in [1.29, 1.82) is 0 Å². The van der Waals surface area contributed by atoms with Crippen LogP contribution in [0.1, 0.15) is 17.7 Å². The highest BCUT2D eigenvalue weighted by atomic mass is 19.1. The fourth-order valence-electron chi connectivity index (χ4n) is 2.44. The highest BCUT2D eigenvalue weighted by molar-refractivity contribution is 5.51. The molecule has 1 heterocycles. The number of anilines is 1. The molecule has 2 aromatic rings. The fourth-order valence-corrected chi connectivity index (χ4v) is 2.44. The van der Waals surface area contributed by atoms with Crippen molar-refractivity contribution in [1.82, 2.24) is 9.78 Å². The standard InChI is InChI=1S/C12H11FN4O2/c13-9-5-4-7(17(18)19)6-11(9)16-10-3-1-2-8(10)12(14)15-16/h4-6H,1-3H2,(H2,14,15). The maximum Gasteiger partial charge on any atom is 0.271 e. The molecule has 0 amide bonds. The van der Waals surface area contributed by atoms with E-state index in [0.717, 1.165) is 42.7 Å². The normalized spacial score (nSPS) is 13.5. The minimum absolute atomic E-state index is 0.0732. The minimum atomic E-state index is -0.560. The van der Waals surface area contributed by atoms with Gasteiger partial charge in [-0.25, -0.2) is 9.07 Å². The van der Waals surface area contributed by atoms with Gasteiger partial charge in [0.1, 0.15) is 17.3 Å².